The van der Waals surface area contributed by atoms with Gasteiger partial charge in [0.1, 0.15) is 0 Å². The Morgan fingerprint density at radius 1 is 1.71 bits per heavy atom. The minimum Gasteiger partial charge on any atom is -0.314 e. The van der Waals surface area contributed by atoms with Gasteiger partial charge in [0.15, 0.2) is 0 Å². The molecule has 0 amide bonds. The molecule has 1 heteroatoms. The zero-order chi connectivity index (χ0) is 5.70. The van der Waals surface area contributed by atoms with E-state index in [4.69, 9.17) is 0 Å². The van der Waals surface area contributed by atoms with Crippen molar-refractivity contribution in [1.82, 2.24) is 5.32 Å². The first-order valence-corrected chi connectivity index (χ1v) is 2.83. The van der Waals surface area contributed by atoms with Crippen molar-refractivity contribution in [1.29, 1.82) is 0 Å². The zero-order valence-electron chi connectivity index (χ0n) is 5.20. The highest BCUT2D eigenvalue weighted by Crippen LogP contribution is 1.84. The largest absolute Gasteiger partial charge is 0.314 e. The fourth-order valence-electron chi connectivity index (χ4n) is 0.391. The summed E-state index contributed by atoms with van der Waals surface area (Å²) in [7, 11) is 0. The summed E-state index contributed by atoms with van der Waals surface area (Å²) < 4.78 is 0. The molecule has 1 atom stereocenters. The number of hydrogen-bond acceptors (Lipinski definition) is 1. The Morgan fingerprint density at radius 3 is 2.43 bits per heavy atom. The summed E-state index contributed by atoms with van der Waals surface area (Å²) in [6, 6.07) is 0.637. The third-order valence-corrected chi connectivity index (χ3v) is 1.11. The van der Waals surface area contributed by atoms with Gasteiger partial charge in [0.2, 0.25) is 0 Å². The quantitative estimate of drug-likeness (QED) is 0.562. The Morgan fingerprint density at radius 2 is 2.29 bits per heavy atom. The Labute approximate surface area is 46.1 Å². The molecule has 1 unspecified atom stereocenters. The van der Waals surface area contributed by atoms with Gasteiger partial charge < -0.3 is 5.32 Å². The SMILES string of the molecule is [CH2]CNC(C)CC. The van der Waals surface area contributed by atoms with E-state index in [1.165, 1.54) is 6.42 Å². The van der Waals surface area contributed by atoms with E-state index in [2.05, 4.69) is 26.1 Å². The molecular weight excluding hydrogens is 86.1 g/mol. The summed E-state index contributed by atoms with van der Waals surface area (Å²) in [6.45, 7) is 8.82. The van der Waals surface area contributed by atoms with Gasteiger partial charge in [-0.3, -0.25) is 0 Å². The van der Waals surface area contributed by atoms with Crippen LogP contribution in [0.25, 0.3) is 0 Å². The maximum Gasteiger partial charge on any atom is 0.00360 e. The van der Waals surface area contributed by atoms with Crippen LogP contribution in [-0.2, 0) is 0 Å². The number of hydrogen-bond donors (Lipinski definition) is 1. The van der Waals surface area contributed by atoms with Gasteiger partial charge in [0.05, 0.1) is 0 Å². The Hall–Kier alpha value is -0.0400. The molecule has 0 aliphatic heterocycles. The molecule has 0 aromatic rings. The average molecular weight is 100 g/mol. The monoisotopic (exact) mass is 100 g/mol. The zero-order valence-corrected chi connectivity index (χ0v) is 5.20. The molecule has 0 saturated carbocycles. The minimum atomic E-state index is 0.637. The fourth-order valence-corrected chi connectivity index (χ4v) is 0.391. The van der Waals surface area contributed by atoms with Crippen molar-refractivity contribution in [2.24, 2.45) is 0 Å². The molecule has 0 aromatic heterocycles. The second-order valence-corrected chi connectivity index (χ2v) is 1.76. The van der Waals surface area contributed by atoms with E-state index in [1.807, 2.05) is 0 Å². The molecule has 0 rings (SSSR count). The van der Waals surface area contributed by atoms with Crippen LogP contribution in [0.15, 0.2) is 0 Å². The van der Waals surface area contributed by atoms with Crippen LogP contribution in [0, 0.1) is 6.92 Å². The third-order valence-electron chi connectivity index (χ3n) is 1.11. The van der Waals surface area contributed by atoms with Crippen molar-refractivity contribution >= 4 is 0 Å². The highest BCUT2D eigenvalue weighted by molar-refractivity contribution is 4.56. The van der Waals surface area contributed by atoms with Gasteiger partial charge >= 0.3 is 0 Å². The van der Waals surface area contributed by atoms with E-state index in [9.17, 15) is 0 Å². The van der Waals surface area contributed by atoms with E-state index in [1.54, 1.807) is 0 Å². The molecule has 0 fully saturated rings. The molecule has 0 aliphatic carbocycles. The van der Waals surface area contributed by atoms with E-state index in [0.29, 0.717) is 6.04 Å². The van der Waals surface area contributed by atoms with Crippen molar-refractivity contribution in [3.8, 4) is 0 Å². The predicted octanol–water partition coefficient (Wildman–Crippen LogP) is 1.21. The first kappa shape index (κ1) is 6.96. The van der Waals surface area contributed by atoms with Crippen molar-refractivity contribution in [3.05, 3.63) is 6.92 Å². The second-order valence-electron chi connectivity index (χ2n) is 1.76. The van der Waals surface area contributed by atoms with Crippen LogP contribution in [0.1, 0.15) is 20.3 Å². The maximum absolute atomic E-state index is 3.66. The van der Waals surface area contributed by atoms with Crippen molar-refractivity contribution < 1.29 is 0 Å². The summed E-state index contributed by atoms with van der Waals surface area (Å²) in [5, 5.41) is 3.18. The molecule has 7 heavy (non-hydrogen) atoms. The smallest absolute Gasteiger partial charge is 0.00360 e. The van der Waals surface area contributed by atoms with E-state index in [-0.39, 0.29) is 0 Å². The molecule has 1 nitrogen and oxygen atoms in total. The first-order chi connectivity index (χ1) is 3.31. The molecule has 0 saturated heterocycles. The van der Waals surface area contributed by atoms with Gasteiger partial charge in [-0.2, -0.15) is 0 Å². The van der Waals surface area contributed by atoms with Gasteiger partial charge in [-0.25, -0.2) is 0 Å². The molecule has 43 valence electrons. The molecule has 0 aliphatic rings. The molecule has 1 N–H and O–H groups in total. The Bertz CT molecular complexity index is 35.2. The van der Waals surface area contributed by atoms with Crippen molar-refractivity contribution in [2.75, 3.05) is 6.54 Å². The van der Waals surface area contributed by atoms with Crippen LogP contribution in [0.5, 0.6) is 0 Å². The van der Waals surface area contributed by atoms with Gasteiger partial charge in [0.25, 0.3) is 0 Å². The molecule has 0 spiro atoms. The van der Waals surface area contributed by atoms with Gasteiger partial charge in [-0.1, -0.05) is 6.92 Å². The van der Waals surface area contributed by atoms with Crippen LogP contribution in [-0.4, -0.2) is 12.6 Å². The van der Waals surface area contributed by atoms with Crippen LogP contribution in [0.2, 0.25) is 0 Å². The Kier molecular flexibility index (Phi) is 4.10. The number of nitrogens with one attached hydrogen (secondary N) is 1. The lowest BCUT2D eigenvalue weighted by molar-refractivity contribution is 0.566. The molecular formula is C6H14N. The minimum absolute atomic E-state index is 0.637. The van der Waals surface area contributed by atoms with Crippen LogP contribution in [0.4, 0.5) is 0 Å². The van der Waals surface area contributed by atoms with Gasteiger partial charge in [-0.15, -0.1) is 0 Å². The summed E-state index contributed by atoms with van der Waals surface area (Å²) in [5.41, 5.74) is 0. The van der Waals surface area contributed by atoms with Crippen LogP contribution >= 0.6 is 0 Å². The van der Waals surface area contributed by atoms with Gasteiger partial charge in [0, 0.05) is 6.04 Å². The summed E-state index contributed by atoms with van der Waals surface area (Å²) in [4.78, 5) is 0. The van der Waals surface area contributed by atoms with Crippen LogP contribution < -0.4 is 5.32 Å². The molecule has 0 heterocycles. The number of rotatable bonds is 3. The molecule has 1 radical (unpaired) electrons. The standard InChI is InChI=1S/C6H14N/c1-4-6(3)7-5-2/h6-7H,2,4-5H2,1,3H3. The first-order valence-electron chi connectivity index (χ1n) is 2.83. The normalized spacial score (nSPS) is 14.1. The van der Waals surface area contributed by atoms with Gasteiger partial charge in [-0.05, 0) is 26.8 Å². The highest BCUT2D eigenvalue weighted by atomic mass is 14.9. The predicted molar refractivity (Wildman–Crippen MR) is 33.1 cm³/mol. The van der Waals surface area contributed by atoms with Crippen molar-refractivity contribution in [2.45, 2.75) is 26.3 Å². The summed E-state index contributed by atoms with van der Waals surface area (Å²) >= 11 is 0. The fraction of sp³-hybridized carbons (Fsp3) is 0.833. The maximum atomic E-state index is 3.66. The molecule has 0 aromatic carbocycles. The van der Waals surface area contributed by atoms with Crippen molar-refractivity contribution in [3.63, 3.8) is 0 Å². The lowest BCUT2D eigenvalue weighted by Gasteiger charge is -2.06. The average Bonchev–Trinajstić information content (AvgIpc) is 1.68. The summed E-state index contributed by atoms with van der Waals surface area (Å²) in [5.74, 6) is 0. The molecule has 0 bridgehead atoms. The second kappa shape index (κ2) is 4.13. The van der Waals surface area contributed by atoms with E-state index in [0.717, 1.165) is 6.54 Å². The van der Waals surface area contributed by atoms with Crippen LogP contribution in [0.3, 0.4) is 0 Å². The summed E-state index contributed by atoms with van der Waals surface area (Å²) in [6.07, 6.45) is 1.19. The third kappa shape index (κ3) is 3.80. The lowest BCUT2D eigenvalue weighted by atomic mass is 10.3. The topological polar surface area (TPSA) is 12.0 Å². The Balaban J connectivity index is 2.83. The van der Waals surface area contributed by atoms with E-state index >= 15 is 0 Å². The lowest BCUT2D eigenvalue weighted by Crippen LogP contribution is -2.24. The van der Waals surface area contributed by atoms with E-state index < -0.39 is 0 Å². The highest BCUT2D eigenvalue weighted by Gasteiger charge is 1.90.